The molecule has 1 aromatic carbocycles. The highest BCUT2D eigenvalue weighted by molar-refractivity contribution is 5.83. The van der Waals surface area contributed by atoms with Crippen LogP contribution < -0.4 is 4.90 Å². The van der Waals surface area contributed by atoms with Crippen LogP contribution in [-0.4, -0.2) is 16.6 Å². The molecule has 0 radical (unpaired) electrons. The van der Waals surface area contributed by atoms with Crippen LogP contribution in [-0.2, 0) is 6.18 Å². The number of rotatable bonds is 2. The normalized spacial score (nSPS) is 15.2. The molecule has 0 saturated heterocycles. The minimum atomic E-state index is -4.41. The Bertz CT molecular complexity index is 767. The zero-order valence-electron chi connectivity index (χ0n) is 12.0. The van der Waals surface area contributed by atoms with Crippen molar-refractivity contribution in [2.75, 3.05) is 11.4 Å². The summed E-state index contributed by atoms with van der Waals surface area (Å²) in [6.07, 6.45) is 1.96. The van der Waals surface area contributed by atoms with E-state index in [4.69, 9.17) is 0 Å². The van der Waals surface area contributed by atoms with Gasteiger partial charge in [0, 0.05) is 30.2 Å². The van der Waals surface area contributed by atoms with Gasteiger partial charge in [0.1, 0.15) is 5.76 Å². The van der Waals surface area contributed by atoms with E-state index >= 15 is 0 Å². The second-order valence-corrected chi connectivity index (χ2v) is 5.03. The van der Waals surface area contributed by atoms with Crippen molar-refractivity contribution >= 4 is 11.4 Å². The molecule has 6 heteroatoms. The number of aliphatic hydroxyl groups is 1. The molecule has 0 amide bonds. The summed E-state index contributed by atoms with van der Waals surface area (Å²) in [5.74, 6) is -0.000128. The van der Waals surface area contributed by atoms with Gasteiger partial charge in [-0.15, -0.1) is 0 Å². The van der Waals surface area contributed by atoms with E-state index in [2.05, 4.69) is 4.98 Å². The van der Waals surface area contributed by atoms with Crippen LogP contribution in [0, 0.1) is 0 Å². The van der Waals surface area contributed by atoms with Gasteiger partial charge in [-0.25, -0.2) is 0 Å². The van der Waals surface area contributed by atoms with Crippen molar-refractivity contribution in [1.29, 1.82) is 0 Å². The molecule has 1 N–H and O–H groups in total. The maximum atomic E-state index is 12.9. The van der Waals surface area contributed by atoms with Crippen molar-refractivity contribution in [2.45, 2.75) is 6.18 Å². The number of benzene rings is 1. The van der Waals surface area contributed by atoms with Gasteiger partial charge in [0.2, 0.25) is 0 Å². The second-order valence-electron chi connectivity index (χ2n) is 5.03. The average molecular weight is 318 g/mol. The maximum absolute atomic E-state index is 12.9. The summed E-state index contributed by atoms with van der Waals surface area (Å²) >= 11 is 0. The number of hydrogen-bond donors (Lipinski definition) is 1. The molecular formula is C17H13F3N2O. The van der Waals surface area contributed by atoms with Crippen molar-refractivity contribution in [2.24, 2.45) is 0 Å². The summed E-state index contributed by atoms with van der Waals surface area (Å²) < 4.78 is 38.8. The zero-order chi connectivity index (χ0) is 16.4. The Morgan fingerprint density at radius 1 is 1.09 bits per heavy atom. The molecule has 1 aliphatic heterocycles. The number of halogens is 3. The van der Waals surface area contributed by atoms with Gasteiger partial charge >= 0.3 is 6.18 Å². The number of alkyl halides is 3. The molecule has 1 aliphatic rings. The van der Waals surface area contributed by atoms with E-state index in [0.29, 0.717) is 23.5 Å². The Labute approximate surface area is 131 Å². The lowest BCUT2D eigenvalue weighted by Crippen LogP contribution is -2.25. The minimum absolute atomic E-state index is 0.000128. The average Bonchev–Trinajstić information content (AvgIpc) is 2.55. The number of anilines is 1. The predicted molar refractivity (Wildman–Crippen MR) is 81.7 cm³/mol. The highest BCUT2D eigenvalue weighted by Gasteiger charge is 2.31. The number of pyridine rings is 1. The molecule has 0 atom stereocenters. The minimum Gasteiger partial charge on any atom is -0.506 e. The van der Waals surface area contributed by atoms with Crippen molar-refractivity contribution in [3.63, 3.8) is 0 Å². The predicted octanol–water partition coefficient (Wildman–Crippen LogP) is 4.40. The van der Waals surface area contributed by atoms with Gasteiger partial charge in [0.25, 0.3) is 0 Å². The molecule has 0 saturated carbocycles. The molecule has 3 nitrogen and oxygen atoms in total. The van der Waals surface area contributed by atoms with Crippen molar-refractivity contribution < 1.29 is 18.3 Å². The highest BCUT2D eigenvalue weighted by Crippen LogP contribution is 2.35. The SMILES string of the molecule is OC1=C(c2ccncc2)N(c2cccc(C(F)(F)F)c2)CC=C1. The molecule has 2 aromatic rings. The maximum Gasteiger partial charge on any atom is 0.416 e. The summed E-state index contributed by atoms with van der Waals surface area (Å²) in [5, 5.41) is 10.2. The number of allylic oxidation sites excluding steroid dienone is 1. The van der Waals surface area contributed by atoms with Crippen molar-refractivity contribution in [3.8, 4) is 0 Å². The van der Waals surface area contributed by atoms with Crippen LogP contribution in [0.2, 0.25) is 0 Å². The first-order valence-electron chi connectivity index (χ1n) is 6.92. The third-order valence-electron chi connectivity index (χ3n) is 3.52. The molecule has 118 valence electrons. The highest BCUT2D eigenvalue weighted by atomic mass is 19.4. The topological polar surface area (TPSA) is 36.4 Å². The van der Waals surface area contributed by atoms with E-state index in [1.807, 2.05) is 0 Å². The van der Waals surface area contributed by atoms with Gasteiger partial charge in [0.05, 0.1) is 11.3 Å². The van der Waals surface area contributed by atoms with Crippen LogP contribution >= 0.6 is 0 Å². The monoisotopic (exact) mass is 318 g/mol. The Balaban J connectivity index is 2.07. The first kappa shape index (κ1) is 15.1. The lowest BCUT2D eigenvalue weighted by atomic mass is 10.1. The Morgan fingerprint density at radius 3 is 2.52 bits per heavy atom. The number of aromatic nitrogens is 1. The second kappa shape index (κ2) is 5.79. The quantitative estimate of drug-likeness (QED) is 0.891. The molecule has 0 bridgehead atoms. The zero-order valence-corrected chi connectivity index (χ0v) is 12.0. The summed E-state index contributed by atoms with van der Waals surface area (Å²) in [4.78, 5) is 5.56. The summed E-state index contributed by atoms with van der Waals surface area (Å²) in [7, 11) is 0. The van der Waals surface area contributed by atoms with Gasteiger partial charge in [0.15, 0.2) is 0 Å². The molecule has 3 rings (SSSR count). The molecule has 0 spiro atoms. The van der Waals surface area contributed by atoms with Crippen molar-refractivity contribution in [3.05, 3.63) is 77.8 Å². The van der Waals surface area contributed by atoms with Crippen LogP contribution in [0.3, 0.4) is 0 Å². The van der Waals surface area contributed by atoms with E-state index in [1.54, 1.807) is 47.6 Å². The van der Waals surface area contributed by atoms with Crippen LogP contribution in [0.5, 0.6) is 0 Å². The molecule has 0 fully saturated rings. The Hall–Kier alpha value is -2.76. The third-order valence-corrected chi connectivity index (χ3v) is 3.52. The lowest BCUT2D eigenvalue weighted by Gasteiger charge is -2.30. The van der Waals surface area contributed by atoms with Gasteiger partial charge in [-0.3, -0.25) is 4.98 Å². The van der Waals surface area contributed by atoms with Crippen LogP contribution in [0.25, 0.3) is 5.70 Å². The van der Waals surface area contributed by atoms with Gasteiger partial charge in [-0.1, -0.05) is 12.1 Å². The van der Waals surface area contributed by atoms with Crippen LogP contribution in [0.1, 0.15) is 11.1 Å². The fourth-order valence-corrected chi connectivity index (χ4v) is 2.48. The Kier molecular flexibility index (Phi) is 3.82. The fraction of sp³-hybridized carbons (Fsp3) is 0.118. The molecule has 2 heterocycles. The molecule has 0 aliphatic carbocycles. The van der Waals surface area contributed by atoms with Crippen molar-refractivity contribution in [1.82, 2.24) is 4.98 Å². The largest absolute Gasteiger partial charge is 0.506 e. The summed E-state index contributed by atoms with van der Waals surface area (Å²) in [6, 6.07) is 8.45. The van der Waals surface area contributed by atoms with E-state index in [9.17, 15) is 18.3 Å². The fourth-order valence-electron chi connectivity index (χ4n) is 2.48. The first-order chi connectivity index (χ1) is 11.0. The first-order valence-corrected chi connectivity index (χ1v) is 6.92. The standard InChI is InChI=1S/C17H13F3N2O/c18-17(19,20)13-3-1-4-14(11-13)22-10-2-5-15(23)16(22)12-6-8-21-9-7-12/h1-9,11,23H,10H2. The number of aliphatic hydroxyl groups excluding tert-OH is 1. The third kappa shape index (κ3) is 3.06. The van der Waals surface area contributed by atoms with Crippen LogP contribution in [0.4, 0.5) is 18.9 Å². The van der Waals surface area contributed by atoms with Gasteiger partial charge in [-0.2, -0.15) is 13.2 Å². The van der Waals surface area contributed by atoms with Gasteiger partial charge in [-0.05, 0) is 36.4 Å². The van der Waals surface area contributed by atoms with Gasteiger partial charge < -0.3 is 10.0 Å². The Morgan fingerprint density at radius 2 is 1.83 bits per heavy atom. The van der Waals surface area contributed by atoms with E-state index in [-0.39, 0.29) is 5.76 Å². The van der Waals surface area contributed by atoms with E-state index in [0.717, 1.165) is 12.1 Å². The summed E-state index contributed by atoms with van der Waals surface area (Å²) in [6.45, 7) is 0.364. The smallest absolute Gasteiger partial charge is 0.416 e. The number of hydrogen-bond acceptors (Lipinski definition) is 3. The van der Waals surface area contributed by atoms with Crippen LogP contribution in [0.15, 0.2) is 66.7 Å². The van der Waals surface area contributed by atoms with E-state index < -0.39 is 11.7 Å². The molecule has 1 aromatic heterocycles. The summed E-state index contributed by atoms with van der Waals surface area (Å²) in [5.41, 5.74) is 0.772. The lowest BCUT2D eigenvalue weighted by molar-refractivity contribution is -0.137. The molecule has 23 heavy (non-hydrogen) atoms. The molecular weight excluding hydrogens is 305 g/mol. The molecule has 0 unspecified atom stereocenters. The number of nitrogens with zero attached hydrogens (tertiary/aromatic N) is 2. The van der Waals surface area contributed by atoms with E-state index in [1.165, 1.54) is 6.07 Å².